The van der Waals surface area contributed by atoms with Gasteiger partial charge in [-0.1, -0.05) is 18.2 Å². The highest BCUT2D eigenvalue weighted by atomic mass is 16.5. The van der Waals surface area contributed by atoms with Crippen molar-refractivity contribution in [2.24, 2.45) is 0 Å². The summed E-state index contributed by atoms with van der Waals surface area (Å²) < 4.78 is 12.8. The van der Waals surface area contributed by atoms with Crippen molar-refractivity contribution in [1.29, 1.82) is 0 Å². The lowest BCUT2D eigenvalue weighted by molar-refractivity contribution is 0.410. The van der Waals surface area contributed by atoms with Gasteiger partial charge in [0.15, 0.2) is 0 Å². The van der Waals surface area contributed by atoms with Crippen LogP contribution in [0.1, 0.15) is 11.4 Å². The zero-order valence-electron chi connectivity index (χ0n) is 11.5. The van der Waals surface area contributed by atoms with E-state index in [1.54, 1.807) is 14.2 Å². The molecule has 0 bridgehead atoms. The third-order valence-corrected chi connectivity index (χ3v) is 3.37. The number of hydrogen-bond donors (Lipinski definition) is 0. The number of nitrogens with zero attached hydrogens (tertiary/aromatic N) is 2. The minimum absolute atomic E-state index is 0.714. The summed E-state index contributed by atoms with van der Waals surface area (Å²) in [6, 6.07) is 11.9. The predicted molar refractivity (Wildman–Crippen MR) is 77.5 cm³/mol. The van der Waals surface area contributed by atoms with Crippen molar-refractivity contribution >= 4 is 5.52 Å². The normalized spacial score (nSPS) is 10.7. The van der Waals surface area contributed by atoms with E-state index in [9.17, 15) is 0 Å². The number of hydrogen-bond acceptors (Lipinski definition) is 3. The van der Waals surface area contributed by atoms with Gasteiger partial charge in [-0.05, 0) is 18.2 Å². The molecule has 0 N–H and O–H groups in total. The summed E-state index contributed by atoms with van der Waals surface area (Å²) in [7, 11) is 3.35. The summed E-state index contributed by atoms with van der Waals surface area (Å²) in [4.78, 5) is 4.50. The third kappa shape index (κ3) is 2.09. The van der Waals surface area contributed by atoms with Crippen molar-refractivity contribution in [3.05, 3.63) is 60.2 Å². The molecule has 0 aliphatic carbocycles. The fraction of sp³-hybridized carbons (Fsp3) is 0.188. The highest BCUT2D eigenvalue weighted by molar-refractivity contribution is 5.59. The van der Waals surface area contributed by atoms with Crippen LogP contribution in [0.5, 0.6) is 11.5 Å². The lowest BCUT2D eigenvalue weighted by Crippen LogP contribution is -1.99. The molecule has 0 saturated carbocycles. The molecule has 0 saturated heterocycles. The van der Waals surface area contributed by atoms with Crippen LogP contribution in [0.3, 0.4) is 0 Å². The number of rotatable bonds is 4. The zero-order valence-corrected chi connectivity index (χ0v) is 11.5. The van der Waals surface area contributed by atoms with E-state index in [1.165, 1.54) is 0 Å². The summed E-state index contributed by atoms with van der Waals surface area (Å²) in [5.74, 6) is 2.67. The number of imidazole rings is 1. The van der Waals surface area contributed by atoms with Crippen LogP contribution in [0.15, 0.2) is 48.8 Å². The van der Waals surface area contributed by atoms with Crippen LogP contribution < -0.4 is 9.47 Å². The van der Waals surface area contributed by atoms with Gasteiger partial charge in [-0.25, -0.2) is 4.98 Å². The molecule has 0 aliphatic heterocycles. The van der Waals surface area contributed by atoms with E-state index in [0.29, 0.717) is 6.42 Å². The predicted octanol–water partition coefficient (Wildman–Crippen LogP) is 2.94. The number of para-hydroxylation sites is 1. The molecule has 0 fully saturated rings. The van der Waals surface area contributed by atoms with Gasteiger partial charge in [0.05, 0.1) is 20.4 Å². The molecule has 3 rings (SSSR count). The Hall–Kier alpha value is -2.49. The molecule has 3 aromatic rings. The number of benzene rings is 1. The molecular weight excluding hydrogens is 252 g/mol. The summed E-state index contributed by atoms with van der Waals surface area (Å²) >= 11 is 0. The Morgan fingerprint density at radius 1 is 1.00 bits per heavy atom. The van der Waals surface area contributed by atoms with Gasteiger partial charge < -0.3 is 13.9 Å². The maximum atomic E-state index is 5.39. The smallest absolute Gasteiger partial charge is 0.144 e. The van der Waals surface area contributed by atoms with Crippen molar-refractivity contribution in [3.8, 4) is 11.5 Å². The van der Waals surface area contributed by atoms with Gasteiger partial charge in [0.25, 0.3) is 0 Å². The third-order valence-electron chi connectivity index (χ3n) is 3.37. The van der Waals surface area contributed by atoms with Gasteiger partial charge in [-0.3, -0.25) is 0 Å². The van der Waals surface area contributed by atoms with Crippen LogP contribution in [0.25, 0.3) is 5.52 Å². The van der Waals surface area contributed by atoms with E-state index in [2.05, 4.69) is 11.1 Å². The van der Waals surface area contributed by atoms with Gasteiger partial charge in [-0.15, -0.1) is 0 Å². The first-order chi connectivity index (χ1) is 9.83. The van der Waals surface area contributed by atoms with E-state index >= 15 is 0 Å². The molecule has 2 aromatic heterocycles. The minimum atomic E-state index is 0.714. The number of ether oxygens (including phenoxy) is 2. The summed E-state index contributed by atoms with van der Waals surface area (Å²) in [6.45, 7) is 0. The molecule has 2 heterocycles. The Balaban J connectivity index is 2.03. The minimum Gasteiger partial charge on any atom is -0.496 e. The van der Waals surface area contributed by atoms with Gasteiger partial charge in [0, 0.05) is 18.2 Å². The average molecular weight is 268 g/mol. The van der Waals surface area contributed by atoms with Gasteiger partial charge in [0.2, 0.25) is 0 Å². The topological polar surface area (TPSA) is 35.8 Å². The maximum absolute atomic E-state index is 5.39. The van der Waals surface area contributed by atoms with E-state index in [-0.39, 0.29) is 0 Å². The second-order valence-corrected chi connectivity index (χ2v) is 4.49. The molecule has 4 heteroatoms. The van der Waals surface area contributed by atoms with Crippen LogP contribution in [0.4, 0.5) is 0 Å². The highest BCUT2D eigenvalue weighted by Crippen LogP contribution is 2.24. The van der Waals surface area contributed by atoms with Crippen molar-refractivity contribution in [1.82, 2.24) is 9.38 Å². The second-order valence-electron chi connectivity index (χ2n) is 4.49. The molecule has 0 unspecified atom stereocenters. The molecular formula is C16H16N2O2. The van der Waals surface area contributed by atoms with Crippen LogP contribution in [-0.4, -0.2) is 23.6 Å². The SMILES string of the molecule is COc1ccccc1Cc1ncc2c(OC)cccn12. The largest absolute Gasteiger partial charge is 0.496 e. The molecule has 20 heavy (non-hydrogen) atoms. The molecule has 0 aliphatic rings. The summed E-state index contributed by atoms with van der Waals surface area (Å²) in [5, 5.41) is 0. The Morgan fingerprint density at radius 2 is 1.75 bits per heavy atom. The Kier molecular flexibility index (Phi) is 3.29. The quantitative estimate of drug-likeness (QED) is 0.730. The van der Waals surface area contributed by atoms with Crippen molar-refractivity contribution in [2.75, 3.05) is 14.2 Å². The van der Waals surface area contributed by atoms with Gasteiger partial charge in [-0.2, -0.15) is 0 Å². The van der Waals surface area contributed by atoms with Crippen molar-refractivity contribution in [3.63, 3.8) is 0 Å². The van der Waals surface area contributed by atoms with Gasteiger partial charge in [0.1, 0.15) is 22.8 Å². The van der Waals surface area contributed by atoms with Crippen LogP contribution in [0.2, 0.25) is 0 Å². The standard InChI is InChI=1S/C16H16N2O2/c1-19-14-7-4-3-6-12(14)10-16-17-11-13-15(20-2)8-5-9-18(13)16/h3-9,11H,10H2,1-2H3. The molecule has 102 valence electrons. The fourth-order valence-electron chi connectivity index (χ4n) is 2.37. The molecule has 0 atom stereocenters. The van der Waals surface area contributed by atoms with Crippen LogP contribution in [-0.2, 0) is 6.42 Å². The lowest BCUT2D eigenvalue weighted by atomic mass is 10.1. The molecule has 0 radical (unpaired) electrons. The Bertz CT molecular complexity index is 734. The first-order valence-electron chi connectivity index (χ1n) is 6.44. The van der Waals surface area contributed by atoms with Gasteiger partial charge >= 0.3 is 0 Å². The molecule has 1 aromatic carbocycles. The fourth-order valence-corrected chi connectivity index (χ4v) is 2.37. The number of aromatic nitrogens is 2. The highest BCUT2D eigenvalue weighted by Gasteiger charge is 2.10. The lowest BCUT2D eigenvalue weighted by Gasteiger charge is -2.08. The molecule has 0 amide bonds. The Morgan fingerprint density at radius 3 is 2.55 bits per heavy atom. The van der Waals surface area contributed by atoms with Crippen LogP contribution in [0, 0.1) is 0 Å². The summed E-state index contributed by atoms with van der Waals surface area (Å²) in [6.07, 6.45) is 4.55. The van der Waals surface area contributed by atoms with E-state index in [1.807, 2.05) is 47.1 Å². The van der Waals surface area contributed by atoms with Crippen molar-refractivity contribution in [2.45, 2.75) is 6.42 Å². The van der Waals surface area contributed by atoms with E-state index in [4.69, 9.17) is 9.47 Å². The first kappa shape index (κ1) is 12.5. The number of fused-ring (bicyclic) bond motifs is 1. The first-order valence-corrected chi connectivity index (χ1v) is 6.44. The van der Waals surface area contributed by atoms with E-state index < -0.39 is 0 Å². The number of methoxy groups -OCH3 is 2. The second kappa shape index (κ2) is 5.25. The summed E-state index contributed by atoms with van der Waals surface area (Å²) in [5.41, 5.74) is 2.09. The van der Waals surface area contributed by atoms with E-state index in [0.717, 1.165) is 28.4 Å². The molecule has 4 nitrogen and oxygen atoms in total. The zero-order chi connectivity index (χ0) is 13.9. The van der Waals surface area contributed by atoms with Crippen molar-refractivity contribution < 1.29 is 9.47 Å². The monoisotopic (exact) mass is 268 g/mol. The number of pyridine rings is 1. The Labute approximate surface area is 117 Å². The molecule has 0 spiro atoms. The average Bonchev–Trinajstić information content (AvgIpc) is 2.91. The maximum Gasteiger partial charge on any atom is 0.144 e. The van der Waals surface area contributed by atoms with Crippen LogP contribution >= 0.6 is 0 Å².